The van der Waals surface area contributed by atoms with E-state index in [1.807, 2.05) is 6.07 Å². The fourth-order valence-electron chi connectivity index (χ4n) is 3.26. The minimum Gasteiger partial charge on any atom is -0.383 e. The Bertz CT molecular complexity index is 481. The van der Waals surface area contributed by atoms with Gasteiger partial charge in [-0.25, -0.2) is 0 Å². The summed E-state index contributed by atoms with van der Waals surface area (Å²) in [5.74, 6) is 0.286. The van der Waals surface area contributed by atoms with Crippen LogP contribution in [0.3, 0.4) is 0 Å². The first-order chi connectivity index (χ1) is 10.3. The summed E-state index contributed by atoms with van der Waals surface area (Å²) in [5.41, 5.74) is 2.32. The molecule has 2 aliphatic heterocycles. The van der Waals surface area contributed by atoms with Crippen LogP contribution in [0, 0.1) is 0 Å². The molecular formula is C17H25N3O. The Labute approximate surface area is 127 Å². The highest BCUT2D eigenvalue weighted by Crippen LogP contribution is 2.27. The molecule has 3 rings (SSSR count). The molecule has 0 aromatic heterocycles. The molecule has 0 atom stereocenters. The summed E-state index contributed by atoms with van der Waals surface area (Å²) in [6, 6.07) is 8.31. The van der Waals surface area contributed by atoms with Gasteiger partial charge in [0.05, 0.1) is 17.9 Å². The van der Waals surface area contributed by atoms with Gasteiger partial charge in [-0.15, -0.1) is 0 Å². The molecule has 1 saturated heterocycles. The second-order valence-corrected chi connectivity index (χ2v) is 6.01. The number of benzene rings is 1. The molecule has 2 heterocycles. The first-order valence-electron chi connectivity index (χ1n) is 8.20. The van der Waals surface area contributed by atoms with Gasteiger partial charge in [0.25, 0.3) is 0 Å². The summed E-state index contributed by atoms with van der Waals surface area (Å²) in [7, 11) is 0. The maximum Gasteiger partial charge on any atom is 0.242 e. The van der Waals surface area contributed by atoms with E-state index in [0.29, 0.717) is 6.54 Å². The number of para-hydroxylation sites is 2. The van der Waals surface area contributed by atoms with Gasteiger partial charge in [0.1, 0.15) is 0 Å². The predicted molar refractivity (Wildman–Crippen MR) is 86.8 cm³/mol. The summed E-state index contributed by atoms with van der Waals surface area (Å²) in [6.07, 6.45) is 5.91. The Kier molecular flexibility index (Phi) is 4.63. The van der Waals surface area contributed by atoms with Crippen molar-refractivity contribution in [2.75, 3.05) is 42.9 Å². The third-order valence-corrected chi connectivity index (χ3v) is 4.45. The van der Waals surface area contributed by atoms with Crippen molar-refractivity contribution >= 4 is 17.3 Å². The number of nitrogens with one attached hydrogen (secondary N) is 1. The smallest absolute Gasteiger partial charge is 0.242 e. The SMILES string of the molecule is O=C(CN1CCCNc2ccccc21)N1CCCCCC1. The average Bonchev–Trinajstić information content (AvgIpc) is 2.89. The van der Waals surface area contributed by atoms with Gasteiger partial charge in [-0.1, -0.05) is 25.0 Å². The zero-order chi connectivity index (χ0) is 14.5. The Morgan fingerprint density at radius 1 is 1.00 bits per heavy atom. The molecule has 1 amide bonds. The van der Waals surface area contributed by atoms with Gasteiger partial charge in [-0.2, -0.15) is 0 Å². The van der Waals surface area contributed by atoms with Crippen molar-refractivity contribution in [2.45, 2.75) is 32.1 Å². The van der Waals surface area contributed by atoms with Crippen molar-refractivity contribution < 1.29 is 4.79 Å². The Balaban J connectivity index is 1.70. The lowest BCUT2D eigenvalue weighted by molar-refractivity contribution is -0.129. The topological polar surface area (TPSA) is 35.6 Å². The molecule has 1 N–H and O–H groups in total. The van der Waals surface area contributed by atoms with E-state index in [9.17, 15) is 4.79 Å². The monoisotopic (exact) mass is 287 g/mol. The van der Waals surface area contributed by atoms with Crippen LogP contribution in [0.25, 0.3) is 0 Å². The molecule has 0 radical (unpaired) electrons. The molecule has 4 nitrogen and oxygen atoms in total. The lowest BCUT2D eigenvalue weighted by atomic mass is 10.2. The Hall–Kier alpha value is -1.71. The quantitative estimate of drug-likeness (QED) is 0.908. The second kappa shape index (κ2) is 6.83. The zero-order valence-corrected chi connectivity index (χ0v) is 12.7. The van der Waals surface area contributed by atoms with Crippen LogP contribution in [0.1, 0.15) is 32.1 Å². The molecule has 0 unspecified atom stereocenters. The molecule has 0 saturated carbocycles. The van der Waals surface area contributed by atoms with Crippen molar-refractivity contribution in [2.24, 2.45) is 0 Å². The number of anilines is 2. The van der Waals surface area contributed by atoms with Crippen LogP contribution < -0.4 is 10.2 Å². The normalized spacial score (nSPS) is 19.2. The molecular weight excluding hydrogens is 262 g/mol. The third-order valence-electron chi connectivity index (χ3n) is 4.45. The van der Waals surface area contributed by atoms with Crippen LogP contribution in [-0.2, 0) is 4.79 Å². The van der Waals surface area contributed by atoms with E-state index in [0.717, 1.165) is 56.8 Å². The number of amides is 1. The lowest BCUT2D eigenvalue weighted by Gasteiger charge is -2.28. The van der Waals surface area contributed by atoms with Gasteiger partial charge >= 0.3 is 0 Å². The molecule has 0 bridgehead atoms. The maximum absolute atomic E-state index is 12.6. The highest BCUT2D eigenvalue weighted by molar-refractivity contribution is 5.83. The van der Waals surface area contributed by atoms with Crippen molar-refractivity contribution in [3.63, 3.8) is 0 Å². The van der Waals surface area contributed by atoms with E-state index >= 15 is 0 Å². The highest BCUT2D eigenvalue weighted by Gasteiger charge is 2.21. The molecule has 1 aromatic rings. The summed E-state index contributed by atoms with van der Waals surface area (Å²) in [4.78, 5) is 16.9. The van der Waals surface area contributed by atoms with E-state index in [2.05, 4.69) is 33.3 Å². The number of hydrogen-bond donors (Lipinski definition) is 1. The van der Waals surface area contributed by atoms with Crippen molar-refractivity contribution in [1.29, 1.82) is 0 Å². The van der Waals surface area contributed by atoms with Crippen LogP contribution in [0.5, 0.6) is 0 Å². The minimum absolute atomic E-state index is 0.286. The molecule has 1 aromatic carbocycles. The zero-order valence-electron chi connectivity index (χ0n) is 12.7. The maximum atomic E-state index is 12.6. The Morgan fingerprint density at radius 3 is 2.57 bits per heavy atom. The van der Waals surface area contributed by atoms with Crippen molar-refractivity contribution in [1.82, 2.24) is 4.90 Å². The summed E-state index contributed by atoms with van der Waals surface area (Å²) >= 11 is 0. The largest absolute Gasteiger partial charge is 0.383 e. The van der Waals surface area contributed by atoms with Crippen molar-refractivity contribution in [3.8, 4) is 0 Å². The number of fused-ring (bicyclic) bond motifs is 1. The van der Waals surface area contributed by atoms with Gasteiger partial charge < -0.3 is 15.1 Å². The van der Waals surface area contributed by atoms with Crippen LogP contribution in [0.4, 0.5) is 11.4 Å². The number of nitrogens with zero attached hydrogens (tertiary/aromatic N) is 2. The van der Waals surface area contributed by atoms with Crippen molar-refractivity contribution in [3.05, 3.63) is 24.3 Å². The molecule has 0 aliphatic carbocycles. The number of likely N-dealkylation sites (tertiary alicyclic amines) is 1. The number of hydrogen-bond acceptors (Lipinski definition) is 3. The van der Waals surface area contributed by atoms with Gasteiger partial charge in [0, 0.05) is 26.2 Å². The summed E-state index contributed by atoms with van der Waals surface area (Å²) < 4.78 is 0. The van der Waals surface area contributed by atoms with Gasteiger partial charge in [0.15, 0.2) is 0 Å². The fraction of sp³-hybridized carbons (Fsp3) is 0.588. The van der Waals surface area contributed by atoms with Gasteiger partial charge in [-0.3, -0.25) is 4.79 Å². The molecule has 114 valence electrons. The summed E-state index contributed by atoms with van der Waals surface area (Å²) in [5, 5.41) is 3.45. The average molecular weight is 287 g/mol. The number of carbonyl (C=O) groups excluding carboxylic acids is 1. The van der Waals surface area contributed by atoms with E-state index in [1.165, 1.54) is 12.8 Å². The first kappa shape index (κ1) is 14.2. The molecule has 2 aliphatic rings. The van der Waals surface area contributed by atoms with E-state index in [1.54, 1.807) is 0 Å². The lowest BCUT2D eigenvalue weighted by Crippen LogP contribution is -2.41. The molecule has 0 spiro atoms. The van der Waals surface area contributed by atoms with E-state index in [4.69, 9.17) is 0 Å². The molecule has 21 heavy (non-hydrogen) atoms. The van der Waals surface area contributed by atoms with Crippen LogP contribution >= 0.6 is 0 Å². The highest BCUT2D eigenvalue weighted by atomic mass is 16.2. The van der Waals surface area contributed by atoms with Gasteiger partial charge in [0.2, 0.25) is 5.91 Å². The fourth-order valence-corrected chi connectivity index (χ4v) is 3.26. The summed E-state index contributed by atoms with van der Waals surface area (Å²) in [6.45, 7) is 4.31. The minimum atomic E-state index is 0.286. The molecule has 4 heteroatoms. The molecule has 1 fully saturated rings. The number of carbonyl (C=O) groups is 1. The van der Waals surface area contributed by atoms with Gasteiger partial charge in [-0.05, 0) is 31.4 Å². The van der Waals surface area contributed by atoms with Crippen LogP contribution in [0.15, 0.2) is 24.3 Å². The predicted octanol–water partition coefficient (Wildman–Crippen LogP) is 2.71. The van der Waals surface area contributed by atoms with Crippen LogP contribution in [0.2, 0.25) is 0 Å². The first-order valence-corrected chi connectivity index (χ1v) is 8.20. The third kappa shape index (κ3) is 3.49. The Morgan fingerprint density at radius 2 is 1.76 bits per heavy atom. The van der Waals surface area contributed by atoms with Crippen LogP contribution in [-0.4, -0.2) is 43.5 Å². The van der Waals surface area contributed by atoms with E-state index in [-0.39, 0.29) is 5.91 Å². The number of rotatable bonds is 2. The second-order valence-electron chi connectivity index (χ2n) is 6.01. The van der Waals surface area contributed by atoms with E-state index < -0.39 is 0 Å². The standard InChI is InChI=1S/C17H25N3O/c21-17(19-11-5-1-2-6-12-19)14-20-13-7-10-18-15-8-3-4-9-16(15)20/h3-4,8-9,18H,1-2,5-7,10-14H2.